The molecule has 38 heavy (non-hydrogen) atoms. The fourth-order valence-electron chi connectivity index (χ4n) is 4.44. The number of ether oxygens (including phenoxy) is 1. The third-order valence-corrected chi connectivity index (χ3v) is 8.38. The normalized spacial score (nSPS) is 23.0. The van der Waals surface area contributed by atoms with Crippen molar-refractivity contribution in [1.29, 1.82) is 5.26 Å². The van der Waals surface area contributed by atoms with Crippen molar-refractivity contribution in [2.45, 2.75) is 42.9 Å². The maximum absolute atomic E-state index is 13.3. The molecule has 13 heteroatoms. The second kappa shape index (κ2) is 13.2. The van der Waals surface area contributed by atoms with Gasteiger partial charge in [-0.25, -0.2) is 8.78 Å². The van der Waals surface area contributed by atoms with Crippen LogP contribution in [0.3, 0.4) is 0 Å². The number of likely N-dealkylation sites (N-methyl/N-ethyl adjacent to an activating group) is 1. The first-order valence-electron chi connectivity index (χ1n) is 12.5. The molecule has 3 N–H and O–H groups in total. The van der Waals surface area contributed by atoms with E-state index in [4.69, 9.17) is 4.74 Å². The molecule has 4 unspecified atom stereocenters. The van der Waals surface area contributed by atoms with Gasteiger partial charge < -0.3 is 25.6 Å². The Morgan fingerprint density at radius 2 is 2.08 bits per heavy atom. The molecule has 4 atom stereocenters. The molecular formula is C25H34F2N6O4S. The summed E-state index contributed by atoms with van der Waals surface area (Å²) in [6, 6.07) is 8.82. The molecule has 1 aliphatic heterocycles. The molecule has 10 nitrogen and oxygen atoms in total. The quantitative estimate of drug-likeness (QED) is 0.320. The zero-order valence-corrected chi connectivity index (χ0v) is 22.5. The first kappa shape index (κ1) is 29.6. The highest BCUT2D eigenvalue weighted by atomic mass is 32.2. The Morgan fingerprint density at radius 1 is 1.34 bits per heavy atom. The summed E-state index contributed by atoms with van der Waals surface area (Å²) in [5, 5.41) is 17.2. The molecule has 0 bridgehead atoms. The lowest BCUT2D eigenvalue weighted by molar-refractivity contribution is -0.132. The van der Waals surface area contributed by atoms with Gasteiger partial charge in [0, 0.05) is 31.6 Å². The van der Waals surface area contributed by atoms with Crippen LogP contribution < -0.4 is 16.0 Å². The zero-order valence-electron chi connectivity index (χ0n) is 21.7. The number of anilines is 2. The molecule has 3 amide bonds. The van der Waals surface area contributed by atoms with E-state index < -0.39 is 34.9 Å². The van der Waals surface area contributed by atoms with Gasteiger partial charge in [-0.05, 0) is 38.1 Å². The first-order chi connectivity index (χ1) is 18.2. The Hall–Kier alpha value is -2.95. The summed E-state index contributed by atoms with van der Waals surface area (Å²) in [6.07, 6.45) is -2.24. The number of benzene rings is 1. The van der Waals surface area contributed by atoms with Crippen molar-refractivity contribution in [2.75, 3.05) is 57.1 Å². The van der Waals surface area contributed by atoms with Gasteiger partial charge in [0.25, 0.3) is 6.43 Å². The molecule has 1 saturated carbocycles. The predicted octanol–water partition coefficient (Wildman–Crippen LogP) is 1.96. The number of carbonyl (C=O) groups is 3. The van der Waals surface area contributed by atoms with E-state index in [0.29, 0.717) is 37.5 Å². The molecule has 1 aromatic carbocycles. The highest BCUT2D eigenvalue weighted by molar-refractivity contribution is 8.02. The van der Waals surface area contributed by atoms with E-state index in [1.165, 1.54) is 16.7 Å². The number of hydrogen-bond acceptors (Lipinski definition) is 8. The SMILES string of the molecule is CCN(CCOC)CC(=O)Nc1cccc(NC2CC23SC(C(C#N)C(=O)NCC(F)F)N(CC)C3=O)c1. The van der Waals surface area contributed by atoms with E-state index in [-0.39, 0.29) is 30.9 Å². The largest absolute Gasteiger partial charge is 0.383 e. The van der Waals surface area contributed by atoms with E-state index in [2.05, 4.69) is 16.0 Å². The van der Waals surface area contributed by atoms with Crippen LogP contribution in [0.1, 0.15) is 20.3 Å². The monoisotopic (exact) mass is 552 g/mol. The summed E-state index contributed by atoms with van der Waals surface area (Å²) >= 11 is 1.23. The second-order valence-corrected chi connectivity index (χ2v) is 10.6. The lowest BCUT2D eigenvalue weighted by Gasteiger charge is -2.25. The topological polar surface area (TPSA) is 127 Å². The zero-order chi connectivity index (χ0) is 27.9. The molecule has 3 rings (SSSR count). The van der Waals surface area contributed by atoms with Crippen LogP contribution >= 0.6 is 11.8 Å². The molecule has 2 fully saturated rings. The molecule has 0 aromatic heterocycles. The minimum absolute atomic E-state index is 0.154. The highest BCUT2D eigenvalue weighted by Crippen LogP contribution is 2.59. The highest BCUT2D eigenvalue weighted by Gasteiger charge is 2.69. The number of nitriles is 1. The van der Waals surface area contributed by atoms with Crippen molar-refractivity contribution in [2.24, 2.45) is 5.92 Å². The van der Waals surface area contributed by atoms with Crippen LogP contribution in [0, 0.1) is 17.2 Å². The van der Waals surface area contributed by atoms with Gasteiger partial charge in [-0.1, -0.05) is 13.0 Å². The smallest absolute Gasteiger partial charge is 0.255 e. The number of methoxy groups -OCH3 is 1. The molecule has 208 valence electrons. The van der Waals surface area contributed by atoms with Gasteiger partial charge in [-0.15, -0.1) is 11.8 Å². The second-order valence-electron chi connectivity index (χ2n) is 9.12. The van der Waals surface area contributed by atoms with Gasteiger partial charge in [0.15, 0.2) is 5.92 Å². The number of halogens is 2. The Labute approximate surface area is 225 Å². The molecule has 1 aromatic rings. The van der Waals surface area contributed by atoms with Gasteiger partial charge in [0.05, 0.1) is 31.8 Å². The molecule has 0 radical (unpaired) electrons. The van der Waals surface area contributed by atoms with Crippen molar-refractivity contribution >= 4 is 40.9 Å². The predicted molar refractivity (Wildman–Crippen MR) is 141 cm³/mol. The van der Waals surface area contributed by atoms with E-state index in [1.54, 1.807) is 32.2 Å². The Bertz CT molecular complexity index is 1060. The molecule has 2 aliphatic rings. The Morgan fingerprint density at radius 3 is 2.71 bits per heavy atom. The fourth-order valence-corrected chi connectivity index (χ4v) is 6.27. The summed E-state index contributed by atoms with van der Waals surface area (Å²) in [4.78, 5) is 41.7. The fraction of sp³-hybridized carbons (Fsp3) is 0.600. The first-order valence-corrected chi connectivity index (χ1v) is 13.4. The summed E-state index contributed by atoms with van der Waals surface area (Å²) < 4.78 is 29.3. The van der Waals surface area contributed by atoms with Crippen molar-refractivity contribution in [3.8, 4) is 6.07 Å². The van der Waals surface area contributed by atoms with E-state index >= 15 is 0 Å². The maximum atomic E-state index is 13.3. The lowest BCUT2D eigenvalue weighted by atomic mass is 10.1. The summed E-state index contributed by atoms with van der Waals surface area (Å²) in [7, 11) is 1.61. The van der Waals surface area contributed by atoms with Crippen LogP contribution in [0.25, 0.3) is 0 Å². The number of thioether (sulfide) groups is 1. The van der Waals surface area contributed by atoms with Crippen molar-refractivity contribution < 1.29 is 27.9 Å². The minimum atomic E-state index is -2.73. The Kier molecular flexibility index (Phi) is 10.3. The van der Waals surface area contributed by atoms with Crippen LogP contribution in [-0.2, 0) is 19.1 Å². The van der Waals surface area contributed by atoms with Crippen molar-refractivity contribution in [1.82, 2.24) is 15.1 Å². The van der Waals surface area contributed by atoms with Gasteiger partial charge in [0.2, 0.25) is 17.7 Å². The molecule has 1 spiro atoms. The van der Waals surface area contributed by atoms with Gasteiger partial charge in [-0.2, -0.15) is 5.26 Å². The number of rotatable bonds is 14. The molecular weight excluding hydrogens is 518 g/mol. The third kappa shape index (κ3) is 6.92. The van der Waals surface area contributed by atoms with E-state index in [0.717, 1.165) is 0 Å². The van der Waals surface area contributed by atoms with Crippen LogP contribution in [0.5, 0.6) is 0 Å². The molecule has 1 aliphatic carbocycles. The van der Waals surface area contributed by atoms with Crippen molar-refractivity contribution in [3.63, 3.8) is 0 Å². The number of amides is 3. The lowest BCUT2D eigenvalue weighted by Crippen LogP contribution is -2.45. The maximum Gasteiger partial charge on any atom is 0.255 e. The molecule has 1 heterocycles. The summed E-state index contributed by atoms with van der Waals surface area (Å²) in [5.74, 6) is -2.42. The number of hydrogen-bond donors (Lipinski definition) is 3. The van der Waals surface area contributed by atoms with Crippen LogP contribution in [-0.4, -0.2) is 96.6 Å². The standard InChI is InChI=1S/C25H34F2N6O4S/c1-4-32(9-10-37-3)15-21(34)31-17-8-6-7-16(11-17)30-19-12-25(19)24(36)33(5-2)23(38-25)18(13-28)22(35)29-14-20(26)27/h6-8,11,18-20,23,30H,4-5,9-10,12,14-15H2,1-3H3,(H,29,35)(H,31,34). The van der Waals surface area contributed by atoms with Gasteiger partial charge >= 0.3 is 0 Å². The molecule has 1 saturated heterocycles. The van der Waals surface area contributed by atoms with Crippen LogP contribution in [0.4, 0.5) is 20.2 Å². The van der Waals surface area contributed by atoms with Gasteiger partial charge in [0.1, 0.15) is 10.1 Å². The number of nitrogens with zero attached hydrogens (tertiary/aromatic N) is 3. The third-order valence-electron chi connectivity index (χ3n) is 6.56. The van der Waals surface area contributed by atoms with Crippen molar-refractivity contribution in [3.05, 3.63) is 24.3 Å². The number of nitrogens with one attached hydrogen (secondary N) is 3. The number of alkyl halides is 2. The van der Waals surface area contributed by atoms with Crippen LogP contribution in [0.15, 0.2) is 24.3 Å². The minimum Gasteiger partial charge on any atom is -0.383 e. The van der Waals surface area contributed by atoms with Crippen LogP contribution in [0.2, 0.25) is 0 Å². The average Bonchev–Trinajstić information content (AvgIpc) is 3.50. The number of carbonyl (C=O) groups excluding carboxylic acids is 3. The van der Waals surface area contributed by atoms with E-state index in [1.807, 2.05) is 24.0 Å². The summed E-state index contributed by atoms with van der Waals surface area (Å²) in [5.41, 5.74) is 1.32. The summed E-state index contributed by atoms with van der Waals surface area (Å²) in [6.45, 7) is 5.28. The van der Waals surface area contributed by atoms with Gasteiger partial charge in [-0.3, -0.25) is 19.3 Å². The van der Waals surface area contributed by atoms with E-state index in [9.17, 15) is 28.4 Å². The average molecular weight is 553 g/mol. The Balaban J connectivity index is 1.63.